The minimum Gasteiger partial charge on any atom is -0.298 e. The van der Waals surface area contributed by atoms with Crippen LogP contribution in [0.2, 0.25) is 0 Å². The first-order valence-corrected chi connectivity index (χ1v) is 3.40. The van der Waals surface area contributed by atoms with Crippen molar-refractivity contribution in [2.75, 3.05) is 0 Å². The van der Waals surface area contributed by atoms with Gasteiger partial charge in [0.25, 0.3) is 0 Å². The van der Waals surface area contributed by atoms with E-state index in [-0.39, 0.29) is 0 Å². The predicted molar refractivity (Wildman–Crippen MR) is 43.5 cm³/mol. The van der Waals surface area contributed by atoms with Gasteiger partial charge in [-0.1, -0.05) is 30.3 Å². The van der Waals surface area contributed by atoms with Crippen LogP contribution in [0, 0.1) is 22.7 Å². The van der Waals surface area contributed by atoms with Crippen LogP contribution in [0.5, 0.6) is 0 Å². The van der Waals surface area contributed by atoms with Crippen molar-refractivity contribution < 1.29 is 0 Å². The van der Waals surface area contributed by atoms with Crippen LogP contribution in [0.1, 0.15) is 5.56 Å². The number of hydrogen-bond acceptors (Lipinski definition) is 3. The molecule has 0 saturated heterocycles. The summed E-state index contributed by atoms with van der Waals surface area (Å²) in [6.07, 6.45) is 0. The molecule has 0 aliphatic heterocycles. The van der Waals surface area contributed by atoms with Crippen molar-refractivity contribution in [3.8, 4) is 12.1 Å². The van der Waals surface area contributed by atoms with Gasteiger partial charge in [0.15, 0.2) is 0 Å². The standard InChI is InChI=1S/C9H7N3/c10-6-9(12,7-11)8-4-2-1-3-5-8/h1-5H,12H2. The highest BCUT2D eigenvalue weighted by molar-refractivity contribution is 5.37. The molecule has 0 spiro atoms. The first kappa shape index (κ1) is 8.26. The summed E-state index contributed by atoms with van der Waals surface area (Å²) in [6.45, 7) is 0. The van der Waals surface area contributed by atoms with E-state index in [4.69, 9.17) is 16.3 Å². The molecule has 58 valence electrons. The lowest BCUT2D eigenvalue weighted by Crippen LogP contribution is -2.32. The Bertz CT molecular complexity index is 328. The lowest BCUT2D eigenvalue weighted by atomic mass is 9.95. The SMILES string of the molecule is N#CC(N)(C#N)c1ccccc1. The fraction of sp³-hybridized carbons (Fsp3) is 0.111. The maximum Gasteiger partial charge on any atom is 0.217 e. The van der Waals surface area contributed by atoms with Crippen molar-refractivity contribution in [2.45, 2.75) is 5.54 Å². The van der Waals surface area contributed by atoms with Crippen LogP contribution >= 0.6 is 0 Å². The first-order valence-electron chi connectivity index (χ1n) is 3.40. The van der Waals surface area contributed by atoms with E-state index in [9.17, 15) is 0 Å². The summed E-state index contributed by atoms with van der Waals surface area (Å²) in [5, 5.41) is 17.3. The van der Waals surface area contributed by atoms with Crippen molar-refractivity contribution in [1.82, 2.24) is 0 Å². The molecule has 2 N–H and O–H groups in total. The third-order valence-electron chi connectivity index (χ3n) is 1.58. The van der Waals surface area contributed by atoms with E-state index in [0.717, 1.165) is 0 Å². The Hall–Kier alpha value is -1.84. The average molecular weight is 157 g/mol. The summed E-state index contributed by atoms with van der Waals surface area (Å²) in [5.74, 6) is 0. The van der Waals surface area contributed by atoms with Gasteiger partial charge in [0.05, 0.1) is 0 Å². The van der Waals surface area contributed by atoms with E-state index < -0.39 is 5.54 Å². The Balaban J connectivity index is 3.17. The molecule has 3 heteroatoms. The molecule has 0 aliphatic carbocycles. The predicted octanol–water partition coefficient (Wildman–Crippen LogP) is 0.888. The van der Waals surface area contributed by atoms with Crippen molar-refractivity contribution in [3.05, 3.63) is 35.9 Å². The fourth-order valence-corrected chi connectivity index (χ4v) is 0.855. The molecule has 1 aromatic rings. The third-order valence-corrected chi connectivity index (χ3v) is 1.58. The zero-order chi connectivity index (χ0) is 9.03. The van der Waals surface area contributed by atoms with Crippen LogP contribution < -0.4 is 5.73 Å². The second-order valence-corrected chi connectivity index (χ2v) is 2.40. The smallest absolute Gasteiger partial charge is 0.217 e. The number of rotatable bonds is 1. The van der Waals surface area contributed by atoms with E-state index in [1.165, 1.54) is 0 Å². The van der Waals surface area contributed by atoms with Gasteiger partial charge in [-0.3, -0.25) is 5.73 Å². The normalized spacial score (nSPS) is 9.92. The van der Waals surface area contributed by atoms with Gasteiger partial charge in [-0.2, -0.15) is 10.5 Å². The summed E-state index contributed by atoms with van der Waals surface area (Å²) in [6, 6.07) is 12.1. The topological polar surface area (TPSA) is 73.6 Å². The minimum absolute atomic E-state index is 0.523. The summed E-state index contributed by atoms with van der Waals surface area (Å²) >= 11 is 0. The van der Waals surface area contributed by atoms with Gasteiger partial charge in [0.2, 0.25) is 5.54 Å². The Kier molecular flexibility index (Phi) is 2.09. The molecule has 1 aromatic carbocycles. The lowest BCUT2D eigenvalue weighted by Gasteiger charge is -2.11. The van der Waals surface area contributed by atoms with Crippen molar-refractivity contribution >= 4 is 0 Å². The van der Waals surface area contributed by atoms with Crippen LogP contribution in [0.3, 0.4) is 0 Å². The molecule has 0 amide bonds. The molecule has 12 heavy (non-hydrogen) atoms. The van der Waals surface area contributed by atoms with E-state index in [1.807, 2.05) is 0 Å². The number of nitrogens with zero attached hydrogens (tertiary/aromatic N) is 2. The van der Waals surface area contributed by atoms with Crippen LogP contribution in [-0.2, 0) is 5.54 Å². The summed E-state index contributed by atoms with van der Waals surface area (Å²) in [5.41, 5.74) is 4.51. The first-order chi connectivity index (χ1) is 5.73. The molecule has 0 bridgehead atoms. The molecular formula is C9H7N3. The van der Waals surface area contributed by atoms with Crippen LogP contribution in [0.15, 0.2) is 30.3 Å². The van der Waals surface area contributed by atoms with E-state index in [1.54, 1.807) is 42.5 Å². The fourth-order valence-electron chi connectivity index (χ4n) is 0.855. The summed E-state index contributed by atoms with van der Waals surface area (Å²) in [4.78, 5) is 0. The van der Waals surface area contributed by atoms with Crippen molar-refractivity contribution in [1.29, 1.82) is 10.5 Å². The Labute approximate surface area is 70.7 Å². The average Bonchev–Trinajstić information content (AvgIpc) is 2.18. The number of benzene rings is 1. The maximum atomic E-state index is 8.64. The van der Waals surface area contributed by atoms with Gasteiger partial charge in [-0.25, -0.2) is 0 Å². The molecule has 0 aliphatic rings. The van der Waals surface area contributed by atoms with Crippen LogP contribution in [-0.4, -0.2) is 0 Å². The Morgan fingerprint density at radius 3 is 2.00 bits per heavy atom. The van der Waals surface area contributed by atoms with E-state index in [2.05, 4.69) is 0 Å². The highest BCUT2D eigenvalue weighted by Crippen LogP contribution is 2.15. The minimum atomic E-state index is -1.51. The Morgan fingerprint density at radius 1 is 1.08 bits per heavy atom. The number of hydrogen-bond donors (Lipinski definition) is 1. The molecule has 3 nitrogen and oxygen atoms in total. The van der Waals surface area contributed by atoms with Crippen molar-refractivity contribution in [3.63, 3.8) is 0 Å². The van der Waals surface area contributed by atoms with Crippen LogP contribution in [0.4, 0.5) is 0 Å². The van der Waals surface area contributed by atoms with Gasteiger partial charge in [0.1, 0.15) is 12.1 Å². The maximum absolute atomic E-state index is 8.64. The molecule has 0 aromatic heterocycles. The molecule has 0 unspecified atom stereocenters. The highest BCUT2D eigenvalue weighted by atomic mass is 14.7. The molecule has 0 saturated carbocycles. The van der Waals surface area contributed by atoms with Gasteiger partial charge < -0.3 is 0 Å². The lowest BCUT2D eigenvalue weighted by molar-refractivity contribution is 0.746. The molecule has 0 atom stereocenters. The zero-order valence-corrected chi connectivity index (χ0v) is 6.36. The van der Waals surface area contributed by atoms with Gasteiger partial charge in [-0.15, -0.1) is 0 Å². The summed E-state index contributed by atoms with van der Waals surface area (Å²) in [7, 11) is 0. The number of nitrogens with two attached hydrogens (primary N) is 1. The zero-order valence-electron chi connectivity index (χ0n) is 6.36. The van der Waals surface area contributed by atoms with Gasteiger partial charge >= 0.3 is 0 Å². The molecule has 0 radical (unpaired) electrons. The molecule has 1 rings (SSSR count). The van der Waals surface area contributed by atoms with Crippen molar-refractivity contribution in [2.24, 2.45) is 5.73 Å². The monoisotopic (exact) mass is 157 g/mol. The van der Waals surface area contributed by atoms with Crippen LogP contribution in [0.25, 0.3) is 0 Å². The Morgan fingerprint density at radius 2 is 1.58 bits per heavy atom. The second kappa shape index (κ2) is 3.04. The quantitative estimate of drug-likeness (QED) is 0.657. The molecular weight excluding hydrogens is 150 g/mol. The summed E-state index contributed by atoms with van der Waals surface area (Å²) < 4.78 is 0. The molecule has 0 fully saturated rings. The van der Waals surface area contributed by atoms with E-state index in [0.29, 0.717) is 5.56 Å². The highest BCUT2D eigenvalue weighted by Gasteiger charge is 2.25. The molecule has 0 heterocycles. The second-order valence-electron chi connectivity index (χ2n) is 2.40. The van der Waals surface area contributed by atoms with E-state index >= 15 is 0 Å². The third kappa shape index (κ3) is 1.27. The van der Waals surface area contributed by atoms with Gasteiger partial charge in [0, 0.05) is 5.56 Å². The van der Waals surface area contributed by atoms with Gasteiger partial charge in [-0.05, 0) is 0 Å². The largest absolute Gasteiger partial charge is 0.298 e. The number of nitriles is 2.